The summed E-state index contributed by atoms with van der Waals surface area (Å²) in [6.07, 6.45) is 1.01. The van der Waals surface area contributed by atoms with E-state index in [1.165, 1.54) is 0 Å². The van der Waals surface area contributed by atoms with E-state index in [9.17, 15) is 4.79 Å². The van der Waals surface area contributed by atoms with Gasteiger partial charge in [-0.25, -0.2) is 0 Å². The Hall–Kier alpha value is -1.26. The molecule has 0 saturated carbocycles. The maximum atomic E-state index is 12.0. The van der Waals surface area contributed by atoms with Crippen LogP contribution in [0.5, 0.6) is 5.75 Å². The average molecular weight is 299 g/mol. The van der Waals surface area contributed by atoms with E-state index >= 15 is 0 Å². The first-order valence-corrected chi connectivity index (χ1v) is 7.26. The standard InChI is InChI=1S/C15H23ClN2O2/c1-4-13(15(19)17-10-7-11-18(2)3)20-14-9-6-5-8-12(14)16/h5-6,8-9,13H,4,7,10-11H2,1-3H3,(H,17,19)/t13-/m0/s1. The molecule has 0 aliphatic carbocycles. The van der Waals surface area contributed by atoms with Gasteiger partial charge in [0.1, 0.15) is 5.75 Å². The van der Waals surface area contributed by atoms with Crippen LogP contribution in [0.4, 0.5) is 0 Å². The smallest absolute Gasteiger partial charge is 0.261 e. The number of benzene rings is 1. The Morgan fingerprint density at radius 3 is 2.70 bits per heavy atom. The van der Waals surface area contributed by atoms with Crippen molar-refractivity contribution in [2.45, 2.75) is 25.9 Å². The number of hydrogen-bond acceptors (Lipinski definition) is 3. The topological polar surface area (TPSA) is 41.6 Å². The Kier molecular flexibility index (Phi) is 7.41. The van der Waals surface area contributed by atoms with E-state index in [1.54, 1.807) is 12.1 Å². The third-order valence-corrected chi connectivity index (χ3v) is 3.16. The fourth-order valence-electron chi connectivity index (χ4n) is 1.74. The summed E-state index contributed by atoms with van der Waals surface area (Å²) < 4.78 is 5.68. The van der Waals surface area contributed by atoms with Crippen LogP contribution in [0.15, 0.2) is 24.3 Å². The Bertz CT molecular complexity index is 424. The average Bonchev–Trinajstić information content (AvgIpc) is 2.42. The van der Waals surface area contributed by atoms with Crippen molar-refractivity contribution in [3.8, 4) is 5.75 Å². The van der Waals surface area contributed by atoms with Gasteiger partial charge in [0.05, 0.1) is 5.02 Å². The molecule has 1 amide bonds. The van der Waals surface area contributed by atoms with Crippen LogP contribution < -0.4 is 10.1 Å². The van der Waals surface area contributed by atoms with Crippen molar-refractivity contribution in [3.05, 3.63) is 29.3 Å². The van der Waals surface area contributed by atoms with E-state index in [1.807, 2.05) is 33.2 Å². The Morgan fingerprint density at radius 1 is 1.40 bits per heavy atom. The fourth-order valence-corrected chi connectivity index (χ4v) is 1.92. The van der Waals surface area contributed by atoms with Crippen molar-refractivity contribution >= 4 is 17.5 Å². The van der Waals surface area contributed by atoms with Gasteiger partial charge in [0.15, 0.2) is 6.10 Å². The summed E-state index contributed by atoms with van der Waals surface area (Å²) in [5.41, 5.74) is 0. The van der Waals surface area contributed by atoms with E-state index in [0.717, 1.165) is 13.0 Å². The minimum Gasteiger partial charge on any atom is -0.479 e. The minimum atomic E-state index is -0.505. The Labute approximate surface area is 126 Å². The molecule has 20 heavy (non-hydrogen) atoms. The molecule has 0 fully saturated rings. The molecule has 0 radical (unpaired) electrons. The van der Waals surface area contributed by atoms with E-state index < -0.39 is 6.10 Å². The molecule has 1 aromatic carbocycles. The maximum absolute atomic E-state index is 12.0. The summed E-state index contributed by atoms with van der Waals surface area (Å²) in [5, 5.41) is 3.41. The number of hydrogen-bond donors (Lipinski definition) is 1. The lowest BCUT2D eigenvalue weighted by Crippen LogP contribution is -2.39. The predicted molar refractivity (Wildman–Crippen MR) is 82.3 cm³/mol. The monoisotopic (exact) mass is 298 g/mol. The van der Waals surface area contributed by atoms with Crippen molar-refractivity contribution in [2.75, 3.05) is 27.2 Å². The van der Waals surface area contributed by atoms with Gasteiger partial charge >= 0.3 is 0 Å². The number of ether oxygens (including phenoxy) is 1. The molecule has 0 saturated heterocycles. The summed E-state index contributed by atoms with van der Waals surface area (Å²) >= 11 is 6.03. The third-order valence-electron chi connectivity index (χ3n) is 2.85. The number of nitrogens with zero attached hydrogens (tertiary/aromatic N) is 1. The van der Waals surface area contributed by atoms with Crippen molar-refractivity contribution in [2.24, 2.45) is 0 Å². The molecule has 112 valence electrons. The predicted octanol–water partition coefficient (Wildman–Crippen LogP) is 2.57. The van der Waals surface area contributed by atoms with Crippen molar-refractivity contribution in [3.63, 3.8) is 0 Å². The number of para-hydroxylation sites is 1. The molecular formula is C15H23ClN2O2. The summed E-state index contributed by atoms with van der Waals surface area (Å²) in [5.74, 6) is 0.454. The zero-order chi connectivity index (χ0) is 15.0. The molecule has 1 atom stereocenters. The van der Waals surface area contributed by atoms with Gasteiger partial charge in [0.25, 0.3) is 5.91 Å². The second kappa shape index (κ2) is 8.82. The highest BCUT2D eigenvalue weighted by Gasteiger charge is 2.18. The third kappa shape index (κ3) is 5.80. The molecule has 1 rings (SSSR count). The van der Waals surface area contributed by atoms with Crippen LogP contribution in [-0.4, -0.2) is 44.1 Å². The van der Waals surface area contributed by atoms with E-state index in [0.29, 0.717) is 23.7 Å². The van der Waals surface area contributed by atoms with Gasteiger partial charge in [-0.15, -0.1) is 0 Å². The summed E-state index contributed by atoms with van der Waals surface area (Å²) in [4.78, 5) is 14.1. The molecule has 0 bridgehead atoms. The molecule has 0 unspecified atom stereocenters. The van der Waals surface area contributed by atoms with Crippen LogP contribution in [0.1, 0.15) is 19.8 Å². The van der Waals surface area contributed by atoms with E-state index in [2.05, 4.69) is 10.2 Å². The van der Waals surface area contributed by atoms with Gasteiger partial charge in [-0.1, -0.05) is 30.7 Å². The van der Waals surface area contributed by atoms with Gasteiger partial charge in [-0.05, 0) is 45.6 Å². The Morgan fingerprint density at radius 2 is 2.10 bits per heavy atom. The molecule has 0 aliphatic heterocycles. The first kappa shape index (κ1) is 16.8. The van der Waals surface area contributed by atoms with Crippen molar-refractivity contribution in [1.29, 1.82) is 0 Å². The fraction of sp³-hybridized carbons (Fsp3) is 0.533. The highest BCUT2D eigenvalue weighted by Crippen LogP contribution is 2.24. The van der Waals surface area contributed by atoms with Gasteiger partial charge in [-0.3, -0.25) is 4.79 Å². The van der Waals surface area contributed by atoms with Crippen LogP contribution in [0.25, 0.3) is 0 Å². The van der Waals surface area contributed by atoms with E-state index in [-0.39, 0.29) is 5.91 Å². The number of halogens is 1. The number of amides is 1. The first-order chi connectivity index (χ1) is 9.54. The second-order valence-corrected chi connectivity index (χ2v) is 5.30. The molecule has 0 heterocycles. The van der Waals surface area contributed by atoms with Crippen LogP contribution in [0.3, 0.4) is 0 Å². The molecule has 1 aromatic rings. The molecule has 0 aliphatic rings. The molecule has 1 N–H and O–H groups in total. The molecule has 4 nitrogen and oxygen atoms in total. The van der Waals surface area contributed by atoms with Crippen LogP contribution in [0.2, 0.25) is 5.02 Å². The van der Waals surface area contributed by atoms with Gasteiger partial charge in [-0.2, -0.15) is 0 Å². The quantitative estimate of drug-likeness (QED) is 0.750. The molecule has 5 heteroatoms. The highest BCUT2D eigenvalue weighted by atomic mass is 35.5. The number of carbonyl (C=O) groups is 1. The summed E-state index contributed by atoms with van der Waals surface area (Å²) in [7, 11) is 4.02. The largest absolute Gasteiger partial charge is 0.479 e. The van der Waals surface area contributed by atoms with Crippen molar-refractivity contribution in [1.82, 2.24) is 10.2 Å². The number of nitrogens with one attached hydrogen (secondary N) is 1. The SMILES string of the molecule is CC[C@H](Oc1ccccc1Cl)C(=O)NCCCN(C)C. The lowest BCUT2D eigenvalue weighted by atomic mass is 10.2. The lowest BCUT2D eigenvalue weighted by molar-refractivity contribution is -0.128. The van der Waals surface area contributed by atoms with Crippen LogP contribution in [-0.2, 0) is 4.79 Å². The number of carbonyl (C=O) groups excluding carboxylic acids is 1. The van der Waals surface area contributed by atoms with Gasteiger partial charge < -0.3 is 15.0 Å². The zero-order valence-electron chi connectivity index (χ0n) is 12.4. The van der Waals surface area contributed by atoms with Crippen LogP contribution >= 0.6 is 11.6 Å². The van der Waals surface area contributed by atoms with Crippen LogP contribution in [0, 0.1) is 0 Å². The highest BCUT2D eigenvalue weighted by molar-refractivity contribution is 6.32. The van der Waals surface area contributed by atoms with Gasteiger partial charge in [0, 0.05) is 6.54 Å². The second-order valence-electron chi connectivity index (χ2n) is 4.89. The van der Waals surface area contributed by atoms with Crippen molar-refractivity contribution < 1.29 is 9.53 Å². The zero-order valence-corrected chi connectivity index (χ0v) is 13.1. The first-order valence-electron chi connectivity index (χ1n) is 6.88. The molecular weight excluding hydrogens is 276 g/mol. The van der Waals surface area contributed by atoms with E-state index in [4.69, 9.17) is 16.3 Å². The summed E-state index contributed by atoms with van der Waals surface area (Å²) in [6.45, 7) is 3.52. The van der Waals surface area contributed by atoms with Gasteiger partial charge in [0.2, 0.25) is 0 Å². The Balaban J connectivity index is 2.45. The number of rotatable bonds is 8. The minimum absolute atomic E-state index is 0.0915. The lowest BCUT2D eigenvalue weighted by Gasteiger charge is -2.18. The summed E-state index contributed by atoms with van der Waals surface area (Å²) in [6, 6.07) is 7.18. The maximum Gasteiger partial charge on any atom is 0.261 e. The molecule has 0 spiro atoms. The molecule has 0 aromatic heterocycles. The normalized spacial score (nSPS) is 12.2.